The van der Waals surface area contributed by atoms with Crippen molar-refractivity contribution >= 4 is 39.9 Å². The monoisotopic (exact) mass is 424 g/mol. The first-order chi connectivity index (χ1) is 14.3. The van der Waals surface area contributed by atoms with Gasteiger partial charge in [-0.05, 0) is 56.7 Å². The van der Waals surface area contributed by atoms with E-state index in [0.717, 1.165) is 15.4 Å². The van der Waals surface area contributed by atoms with Gasteiger partial charge >= 0.3 is 11.7 Å². The summed E-state index contributed by atoms with van der Waals surface area (Å²) >= 11 is 1.50. The van der Waals surface area contributed by atoms with Crippen molar-refractivity contribution in [2.24, 2.45) is 0 Å². The minimum absolute atomic E-state index is 0.323. The predicted octanol–water partition coefficient (Wildman–Crippen LogP) is 3.51. The average Bonchev–Trinajstić information content (AvgIpc) is 3.40. The highest BCUT2D eigenvalue weighted by molar-refractivity contribution is 7.15. The first kappa shape index (κ1) is 19.7. The standard InChI is InChI=1S/C21H20N4O4S/c1-11-13(3)30-19(25-8-4-5-9-25)17(11)20(27)29-12(2)18(26)22-14-6-7-15-16(10-14)24-21(28)23-15/h4-10,12H,1-3H3,(H,22,26)(H2,23,24,28)/t12-/m0/s1. The number of hydrogen-bond acceptors (Lipinski definition) is 5. The highest BCUT2D eigenvalue weighted by Crippen LogP contribution is 2.31. The number of esters is 1. The molecule has 4 aromatic rings. The third-order valence-electron chi connectivity index (χ3n) is 4.85. The summed E-state index contributed by atoms with van der Waals surface area (Å²) in [6.07, 6.45) is 2.72. The number of nitrogens with zero attached hydrogens (tertiary/aromatic N) is 1. The average molecular weight is 424 g/mol. The van der Waals surface area contributed by atoms with Gasteiger partial charge in [-0.3, -0.25) is 4.79 Å². The van der Waals surface area contributed by atoms with Crippen LogP contribution in [-0.4, -0.2) is 32.5 Å². The summed E-state index contributed by atoms with van der Waals surface area (Å²) in [5.74, 6) is -1.01. The molecule has 0 spiro atoms. The second kappa shape index (κ2) is 7.68. The van der Waals surface area contributed by atoms with Gasteiger partial charge in [0.15, 0.2) is 6.10 Å². The van der Waals surface area contributed by atoms with E-state index in [2.05, 4.69) is 15.3 Å². The summed E-state index contributed by atoms with van der Waals surface area (Å²) < 4.78 is 7.33. The molecule has 1 amide bonds. The SMILES string of the molecule is Cc1sc(-n2cccc2)c(C(=O)O[C@@H](C)C(=O)Nc2ccc3[nH]c(=O)[nH]c3c2)c1C. The van der Waals surface area contributed by atoms with Crippen LogP contribution in [0.15, 0.2) is 47.5 Å². The molecular weight excluding hydrogens is 404 g/mol. The quantitative estimate of drug-likeness (QED) is 0.426. The molecule has 8 nitrogen and oxygen atoms in total. The molecule has 3 N–H and O–H groups in total. The number of amides is 1. The Morgan fingerprint density at radius 2 is 1.83 bits per heavy atom. The van der Waals surface area contributed by atoms with Crippen LogP contribution in [0.1, 0.15) is 27.7 Å². The minimum Gasteiger partial charge on any atom is -0.449 e. The molecule has 9 heteroatoms. The number of hydrogen-bond donors (Lipinski definition) is 3. The number of aromatic nitrogens is 3. The van der Waals surface area contributed by atoms with Crippen molar-refractivity contribution in [3.8, 4) is 5.00 Å². The van der Waals surface area contributed by atoms with E-state index in [-0.39, 0.29) is 5.69 Å². The maximum absolute atomic E-state index is 12.9. The Labute approximate surface area is 175 Å². The molecule has 1 atom stereocenters. The Hall–Kier alpha value is -3.59. The number of carbonyl (C=O) groups excluding carboxylic acids is 2. The lowest BCUT2D eigenvalue weighted by Crippen LogP contribution is -2.30. The molecule has 30 heavy (non-hydrogen) atoms. The van der Waals surface area contributed by atoms with Gasteiger partial charge in [-0.1, -0.05) is 0 Å². The number of thiophene rings is 1. The van der Waals surface area contributed by atoms with E-state index in [9.17, 15) is 14.4 Å². The Balaban J connectivity index is 1.50. The number of fused-ring (bicyclic) bond motifs is 1. The Kier molecular flexibility index (Phi) is 5.04. The van der Waals surface area contributed by atoms with Crippen LogP contribution in [0.25, 0.3) is 16.0 Å². The molecule has 4 rings (SSSR count). The van der Waals surface area contributed by atoms with Crippen molar-refractivity contribution in [2.75, 3.05) is 5.32 Å². The summed E-state index contributed by atoms with van der Waals surface area (Å²) in [7, 11) is 0. The van der Waals surface area contributed by atoms with Gasteiger partial charge in [0.1, 0.15) is 5.00 Å². The molecule has 154 valence electrons. The largest absolute Gasteiger partial charge is 0.449 e. The number of aryl methyl sites for hydroxylation is 1. The van der Waals surface area contributed by atoms with Gasteiger partial charge in [0.2, 0.25) is 0 Å². The van der Waals surface area contributed by atoms with Gasteiger partial charge in [0.05, 0.1) is 16.6 Å². The highest BCUT2D eigenvalue weighted by atomic mass is 32.1. The van der Waals surface area contributed by atoms with Crippen LogP contribution in [0.2, 0.25) is 0 Å². The molecule has 0 aliphatic carbocycles. The maximum atomic E-state index is 12.9. The topological polar surface area (TPSA) is 109 Å². The number of imidazole rings is 1. The zero-order valence-corrected chi connectivity index (χ0v) is 17.4. The molecule has 0 fully saturated rings. The second-order valence-electron chi connectivity index (χ2n) is 6.93. The second-order valence-corrected chi connectivity index (χ2v) is 8.13. The van der Waals surface area contributed by atoms with E-state index in [1.807, 2.05) is 42.9 Å². The Bertz CT molecular complexity index is 1300. The first-order valence-corrected chi connectivity index (χ1v) is 10.1. The summed E-state index contributed by atoms with van der Waals surface area (Å²) in [5.41, 5.74) is 2.67. The van der Waals surface area contributed by atoms with Gasteiger partial charge < -0.3 is 24.6 Å². The van der Waals surface area contributed by atoms with E-state index in [4.69, 9.17) is 4.74 Å². The fraction of sp³-hybridized carbons (Fsp3) is 0.190. The Morgan fingerprint density at radius 1 is 1.13 bits per heavy atom. The molecule has 0 unspecified atom stereocenters. The molecule has 0 aliphatic rings. The highest BCUT2D eigenvalue weighted by Gasteiger charge is 2.25. The van der Waals surface area contributed by atoms with E-state index in [1.165, 1.54) is 18.3 Å². The lowest BCUT2D eigenvalue weighted by Gasteiger charge is -2.14. The fourth-order valence-corrected chi connectivity index (χ4v) is 4.24. The van der Waals surface area contributed by atoms with Crippen molar-refractivity contribution in [1.82, 2.24) is 14.5 Å². The van der Waals surface area contributed by atoms with Crippen molar-refractivity contribution < 1.29 is 14.3 Å². The van der Waals surface area contributed by atoms with Crippen LogP contribution in [0.5, 0.6) is 0 Å². The lowest BCUT2D eigenvalue weighted by atomic mass is 10.1. The van der Waals surface area contributed by atoms with Crippen LogP contribution in [0, 0.1) is 13.8 Å². The number of H-pyrrole nitrogens is 2. The number of aromatic amines is 2. The predicted molar refractivity (Wildman–Crippen MR) is 116 cm³/mol. The number of benzene rings is 1. The molecule has 0 aliphatic heterocycles. The molecule has 1 aromatic carbocycles. The van der Waals surface area contributed by atoms with Crippen molar-refractivity contribution in [2.45, 2.75) is 26.9 Å². The van der Waals surface area contributed by atoms with E-state index < -0.39 is 18.0 Å². The number of ether oxygens (including phenoxy) is 1. The van der Waals surface area contributed by atoms with Crippen LogP contribution in [0.4, 0.5) is 5.69 Å². The van der Waals surface area contributed by atoms with Gasteiger partial charge in [0.25, 0.3) is 5.91 Å². The van der Waals surface area contributed by atoms with Crippen molar-refractivity contribution in [3.05, 3.63) is 69.2 Å². The van der Waals surface area contributed by atoms with Crippen LogP contribution >= 0.6 is 11.3 Å². The van der Waals surface area contributed by atoms with Crippen LogP contribution in [-0.2, 0) is 9.53 Å². The number of carbonyl (C=O) groups is 2. The summed E-state index contributed by atoms with van der Waals surface area (Å²) in [6.45, 7) is 5.34. The van der Waals surface area contributed by atoms with Crippen LogP contribution in [0.3, 0.4) is 0 Å². The molecule has 3 heterocycles. The smallest absolute Gasteiger partial charge is 0.342 e. The molecule has 0 radical (unpaired) electrons. The molecular formula is C21H20N4O4S. The summed E-state index contributed by atoms with van der Waals surface area (Å²) in [6, 6.07) is 8.74. The van der Waals surface area contributed by atoms with Gasteiger partial charge in [-0.15, -0.1) is 11.3 Å². The van der Waals surface area contributed by atoms with E-state index in [0.29, 0.717) is 22.3 Å². The zero-order chi connectivity index (χ0) is 21.4. The third kappa shape index (κ3) is 3.67. The van der Waals surface area contributed by atoms with Crippen LogP contribution < -0.4 is 11.0 Å². The van der Waals surface area contributed by atoms with Gasteiger partial charge in [0, 0.05) is 23.0 Å². The number of nitrogens with one attached hydrogen (secondary N) is 3. The minimum atomic E-state index is -1.00. The molecule has 0 bridgehead atoms. The van der Waals surface area contributed by atoms with Crippen molar-refractivity contribution in [1.29, 1.82) is 0 Å². The molecule has 3 aromatic heterocycles. The fourth-order valence-electron chi connectivity index (χ4n) is 3.13. The van der Waals surface area contributed by atoms with E-state index in [1.54, 1.807) is 18.2 Å². The van der Waals surface area contributed by atoms with Crippen molar-refractivity contribution in [3.63, 3.8) is 0 Å². The van der Waals surface area contributed by atoms with E-state index >= 15 is 0 Å². The lowest BCUT2D eigenvalue weighted by molar-refractivity contribution is -0.123. The van der Waals surface area contributed by atoms with Gasteiger partial charge in [-0.2, -0.15) is 0 Å². The molecule has 0 saturated heterocycles. The first-order valence-electron chi connectivity index (χ1n) is 9.30. The number of rotatable bonds is 5. The summed E-state index contributed by atoms with van der Waals surface area (Å²) in [5, 5.41) is 3.47. The maximum Gasteiger partial charge on any atom is 0.342 e. The Morgan fingerprint density at radius 3 is 2.57 bits per heavy atom. The number of anilines is 1. The normalized spacial score (nSPS) is 12.1. The van der Waals surface area contributed by atoms with Gasteiger partial charge in [-0.25, -0.2) is 9.59 Å². The summed E-state index contributed by atoms with van der Waals surface area (Å²) in [4.78, 5) is 43.1. The molecule has 0 saturated carbocycles. The third-order valence-corrected chi connectivity index (χ3v) is 6.07. The zero-order valence-electron chi connectivity index (χ0n) is 16.6.